The lowest BCUT2D eigenvalue weighted by Gasteiger charge is -2.11. The van der Waals surface area contributed by atoms with Crippen molar-refractivity contribution >= 4 is 0 Å². The molecular formula is C14H12F3NO. The highest BCUT2D eigenvalue weighted by molar-refractivity contribution is 5.38. The third-order valence-electron chi connectivity index (χ3n) is 2.50. The van der Waals surface area contributed by atoms with E-state index in [-0.39, 0.29) is 5.75 Å². The van der Waals surface area contributed by atoms with Gasteiger partial charge in [0.05, 0.1) is 0 Å². The number of benzene rings is 2. The van der Waals surface area contributed by atoms with Gasteiger partial charge in [-0.25, -0.2) is 13.2 Å². The van der Waals surface area contributed by atoms with Crippen molar-refractivity contribution in [3.63, 3.8) is 0 Å². The van der Waals surface area contributed by atoms with Crippen molar-refractivity contribution in [2.24, 2.45) is 0 Å². The summed E-state index contributed by atoms with van der Waals surface area (Å²) in [6, 6.07) is 6.95. The van der Waals surface area contributed by atoms with Crippen LogP contribution in [-0.4, -0.2) is 7.05 Å². The van der Waals surface area contributed by atoms with Crippen molar-refractivity contribution < 1.29 is 17.9 Å². The fourth-order valence-corrected chi connectivity index (χ4v) is 1.65. The molecule has 0 aliphatic carbocycles. The molecule has 0 aliphatic heterocycles. The molecule has 2 rings (SSSR count). The summed E-state index contributed by atoms with van der Waals surface area (Å²) in [6.45, 7) is 0.371. The molecule has 0 saturated carbocycles. The lowest BCUT2D eigenvalue weighted by Crippen LogP contribution is -2.07. The Morgan fingerprint density at radius 1 is 0.947 bits per heavy atom. The predicted molar refractivity (Wildman–Crippen MR) is 65.6 cm³/mol. The average molecular weight is 267 g/mol. The molecule has 0 radical (unpaired) electrons. The van der Waals surface area contributed by atoms with Crippen LogP contribution in [0, 0.1) is 17.5 Å². The minimum atomic E-state index is -0.806. The Morgan fingerprint density at radius 2 is 1.58 bits per heavy atom. The van der Waals surface area contributed by atoms with Crippen LogP contribution in [0.2, 0.25) is 0 Å². The molecule has 0 saturated heterocycles. The molecule has 0 bridgehead atoms. The van der Waals surface area contributed by atoms with Crippen molar-refractivity contribution in [1.29, 1.82) is 0 Å². The molecule has 2 aromatic carbocycles. The monoisotopic (exact) mass is 267 g/mol. The number of hydrogen-bond donors (Lipinski definition) is 1. The van der Waals surface area contributed by atoms with Crippen molar-refractivity contribution in [3.05, 3.63) is 59.4 Å². The second-order valence-corrected chi connectivity index (χ2v) is 3.96. The smallest absolute Gasteiger partial charge is 0.168 e. The zero-order chi connectivity index (χ0) is 13.8. The van der Waals surface area contributed by atoms with Crippen molar-refractivity contribution in [2.75, 3.05) is 7.05 Å². The Kier molecular flexibility index (Phi) is 4.06. The molecule has 0 atom stereocenters. The van der Waals surface area contributed by atoms with Gasteiger partial charge in [-0.2, -0.15) is 0 Å². The summed E-state index contributed by atoms with van der Waals surface area (Å²) < 4.78 is 44.8. The number of hydrogen-bond acceptors (Lipinski definition) is 2. The van der Waals surface area contributed by atoms with E-state index in [9.17, 15) is 13.2 Å². The molecule has 2 aromatic rings. The Labute approximate surface area is 108 Å². The summed E-state index contributed by atoms with van der Waals surface area (Å²) in [7, 11) is 1.70. The van der Waals surface area contributed by atoms with E-state index in [0.29, 0.717) is 17.9 Å². The summed E-state index contributed by atoms with van der Waals surface area (Å²) >= 11 is 0. The Balaban J connectivity index is 2.32. The van der Waals surface area contributed by atoms with E-state index in [1.165, 1.54) is 24.3 Å². The van der Waals surface area contributed by atoms with Gasteiger partial charge in [0.15, 0.2) is 11.6 Å². The van der Waals surface area contributed by atoms with Crippen molar-refractivity contribution in [1.82, 2.24) is 5.32 Å². The van der Waals surface area contributed by atoms with Crippen LogP contribution < -0.4 is 10.1 Å². The number of rotatable bonds is 4. The van der Waals surface area contributed by atoms with Crippen LogP contribution in [0.3, 0.4) is 0 Å². The predicted octanol–water partition coefficient (Wildman–Crippen LogP) is 3.62. The van der Waals surface area contributed by atoms with Gasteiger partial charge in [-0.05, 0) is 37.4 Å². The van der Waals surface area contributed by atoms with E-state index < -0.39 is 17.5 Å². The highest BCUT2D eigenvalue weighted by Crippen LogP contribution is 2.28. The van der Waals surface area contributed by atoms with Gasteiger partial charge in [-0.3, -0.25) is 0 Å². The van der Waals surface area contributed by atoms with E-state index in [1.54, 1.807) is 7.05 Å². The largest absolute Gasteiger partial charge is 0.454 e. The molecule has 0 unspecified atom stereocenters. The molecule has 0 aliphatic rings. The Morgan fingerprint density at radius 3 is 2.21 bits per heavy atom. The summed E-state index contributed by atoms with van der Waals surface area (Å²) in [4.78, 5) is 0. The maximum absolute atomic E-state index is 13.5. The maximum Gasteiger partial charge on any atom is 0.168 e. The first kappa shape index (κ1) is 13.4. The normalized spacial score (nSPS) is 10.5. The fourth-order valence-electron chi connectivity index (χ4n) is 1.65. The first-order chi connectivity index (χ1) is 9.10. The van der Waals surface area contributed by atoms with Gasteiger partial charge >= 0.3 is 0 Å². The second kappa shape index (κ2) is 5.75. The highest BCUT2D eigenvalue weighted by atomic mass is 19.1. The molecule has 2 nitrogen and oxygen atoms in total. The lowest BCUT2D eigenvalue weighted by atomic mass is 10.2. The molecule has 0 amide bonds. The summed E-state index contributed by atoms with van der Waals surface area (Å²) in [5.74, 6) is -1.68. The number of ether oxygens (including phenoxy) is 1. The zero-order valence-corrected chi connectivity index (χ0v) is 10.2. The van der Waals surface area contributed by atoms with Crippen molar-refractivity contribution in [3.8, 4) is 11.5 Å². The van der Waals surface area contributed by atoms with Crippen LogP contribution >= 0.6 is 0 Å². The van der Waals surface area contributed by atoms with Gasteiger partial charge in [0.2, 0.25) is 0 Å². The van der Waals surface area contributed by atoms with Crippen LogP contribution in [0.4, 0.5) is 13.2 Å². The quantitative estimate of drug-likeness (QED) is 0.913. The van der Waals surface area contributed by atoms with E-state index in [2.05, 4.69) is 5.32 Å². The Bertz CT molecular complexity index is 587. The van der Waals surface area contributed by atoms with Crippen molar-refractivity contribution in [2.45, 2.75) is 6.54 Å². The van der Waals surface area contributed by atoms with Gasteiger partial charge in [-0.1, -0.05) is 0 Å². The van der Waals surface area contributed by atoms with Crippen LogP contribution in [0.25, 0.3) is 0 Å². The van der Waals surface area contributed by atoms with Gasteiger partial charge in [0.25, 0.3) is 0 Å². The number of nitrogens with one attached hydrogen (secondary N) is 1. The first-order valence-electron chi connectivity index (χ1n) is 5.66. The van der Waals surface area contributed by atoms with Gasteiger partial charge in [0, 0.05) is 18.2 Å². The lowest BCUT2D eigenvalue weighted by molar-refractivity contribution is 0.431. The zero-order valence-electron chi connectivity index (χ0n) is 10.2. The first-order valence-corrected chi connectivity index (χ1v) is 5.66. The number of halogens is 3. The van der Waals surface area contributed by atoms with E-state index in [1.807, 2.05) is 0 Å². The third-order valence-corrected chi connectivity index (χ3v) is 2.50. The topological polar surface area (TPSA) is 21.3 Å². The Hall–Kier alpha value is -2.01. The minimum absolute atomic E-state index is 0.106. The molecule has 0 spiro atoms. The van der Waals surface area contributed by atoms with Crippen LogP contribution in [0.1, 0.15) is 5.56 Å². The summed E-state index contributed by atoms with van der Waals surface area (Å²) in [6.07, 6.45) is 0. The molecule has 1 N–H and O–H groups in total. The van der Waals surface area contributed by atoms with Gasteiger partial charge in [0.1, 0.15) is 17.4 Å². The summed E-state index contributed by atoms with van der Waals surface area (Å²) in [5, 5.41) is 2.86. The molecule has 0 fully saturated rings. The van der Waals surface area contributed by atoms with E-state index >= 15 is 0 Å². The second-order valence-electron chi connectivity index (χ2n) is 3.96. The fraction of sp³-hybridized carbons (Fsp3) is 0.143. The van der Waals surface area contributed by atoms with Crippen LogP contribution in [0.5, 0.6) is 11.5 Å². The molecular weight excluding hydrogens is 255 g/mol. The van der Waals surface area contributed by atoms with Gasteiger partial charge < -0.3 is 10.1 Å². The highest BCUT2D eigenvalue weighted by Gasteiger charge is 2.10. The maximum atomic E-state index is 13.5. The molecule has 100 valence electrons. The molecule has 0 aromatic heterocycles. The van der Waals surface area contributed by atoms with Crippen LogP contribution in [-0.2, 0) is 6.54 Å². The molecule has 19 heavy (non-hydrogen) atoms. The standard InChI is InChI=1S/C14H12F3NO/c1-18-8-9-6-10(15)2-4-13(9)19-14-5-3-11(16)7-12(14)17/h2-7,18H,8H2,1H3. The average Bonchev–Trinajstić information content (AvgIpc) is 2.36. The van der Waals surface area contributed by atoms with Gasteiger partial charge in [-0.15, -0.1) is 0 Å². The third kappa shape index (κ3) is 3.26. The summed E-state index contributed by atoms with van der Waals surface area (Å²) in [5.41, 5.74) is 0.547. The van der Waals surface area contributed by atoms with E-state index in [0.717, 1.165) is 12.1 Å². The molecule has 5 heteroatoms. The SMILES string of the molecule is CNCc1cc(F)ccc1Oc1ccc(F)cc1F. The minimum Gasteiger partial charge on any atom is -0.454 e. The molecule has 0 heterocycles. The van der Waals surface area contributed by atoms with E-state index in [4.69, 9.17) is 4.74 Å². The van der Waals surface area contributed by atoms with Crippen LogP contribution in [0.15, 0.2) is 36.4 Å².